The number of nitro benzene ring substituents is 2. The van der Waals surface area contributed by atoms with Crippen molar-refractivity contribution in [1.82, 2.24) is 0 Å². The fourth-order valence-electron chi connectivity index (χ4n) is 2.49. The van der Waals surface area contributed by atoms with Gasteiger partial charge in [0.25, 0.3) is 11.4 Å². The first kappa shape index (κ1) is 16.3. The van der Waals surface area contributed by atoms with Gasteiger partial charge in [-0.3, -0.25) is 20.2 Å². The van der Waals surface area contributed by atoms with Crippen LogP contribution in [0.25, 0.3) is 20.2 Å². The van der Waals surface area contributed by atoms with Crippen molar-refractivity contribution >= 4 is 54.8 Å². The Morgan fingerprint density at radius 2 is 1.16 bits per heavy atom. The maximum atomic E-state index is 11.3. The highest BCUT2D eigenvalue weighted by Gasteiger charge is 2.26. The van der Waals surface area contributed by atoms with E-state index in [0.717, 1.165) is 35.6 Å². The predicted molar refractivity (Wildman–Crippen MR) is 86.6 cm³/mol. The van der Waals surface area contributed by atoms with Crippen molar-refractivity contribution in [3.8, 4) is 0 Å². The lowest BCUT2D eigenvalue weighted by atomic mass is 10.0. The SMILES string of the molecule is O=C(O)c1cc2c(cc1[N+](=O)[O-])sc1cc([N+](=O)[O-])c(C(=O)O)cc12. The summed E-state index contributed by atoms with van der Waals surface area (Å²) in [5.41, 5.74) is -2.32. The Balaban J connectivity index is 2.46. The van der Waals surface area contributed by atoms with Crippen LogP contribution in [0.1, 0.15) is 20.7 Å². The van der Waals surface area contributed by atoms with E-state index < -0.39 is 44.3 Å². The molecule has 0 spiro atoms. The molecule has 0 saturated heterocycles. The number of hydrogen-bond donors (Lipinski definition) is 2. The molecule has 0 aliphatic rings. The molecule has 0 bridgehead atoms. The smallest absolute Gasteiger partial charge is 0.342 e. The molecular weight excluding hydrogens is 356 g/mol. The quantitative estimate of drug-likeness (QED) is 0.528. The highest BCUT2D eigenvalue weighted by atomic mass is 32.1. The number of nitrogens with zero attached hydrogens (tertiary/aromatic N) is 2. The second-order valence-electron chi connectivity index (χ2n) is 4.96. The van der Waals surface area contributed by atoms with Crippen LogP contribution < -0.4 is 0 Å². The van der Waals surface area contributed by atoms with Gasteiger partial charge in [-0.2, -0.15) is 0 Å². The molecule has 3 aromatic rings. The first-order valence-electron chi connectivity index (χ1n) is 6.50. The second kappa shape index (κ2) is 5.49. The minimum Gasteiger partial charge on any atom is -0.477 e. The highest BCUT2D eigenvalue weighted by Crippen LogP contribution is 2.40. The molecule has 0 aliphatic carbocycles. The molecule has 11 heteroatoms. The minimum atomic E-state index is -1.51. The van der Waals surface area contributed by atoms with E-state index in [0.29, 0.717) is 9.40 Å². The van der Waals surface area contributed by atoms with E-state index >= 15 is 0 Å². The molecule has 0 aliphatic heterocycles. The second-order valence-corrected chi connectivity index (χ2v) is 6.04. The van der Waals surface area contributed by atoms with Gasteiger partial charge in [0.15, 0.2) is 0 Å². The van der Waals surface area contributed by atoms with E-state index in [4.69, 9.17) is 10.2 Å². The van der Waals surface area contributed by atoms with Crippen molar-refractivity contribution in [3.05, 3.63) is 55.6 Å². The molecule has 10 nitrogen and oxygen atoms in total. The van der Waals surface area contributed by atoms with Crippen LogP contribution >= 0.6 is 11.3 Å². The van der Waals surface area contributed by atoms with Crippen molar-refractivity contribution in [2.24, 2.45) is 0 Å². The van der Waals surface area contributed by atoms with Crippen LogP contribution in [-0.4, -0.2) is 32.0 Å². The summed E-state index contributed by atoms with van der Waals surface area (Å²) in [6.07, 6.45) is 0. The summed E-state index contributed by atoms with van der Waals surface area (Å²) < 4.78 is 0.645. The molecule has 0 saturated carbocycles. The fourth-order valence-corrected chi connectivity index (χ4v) is 3.63. The Kier molecular flexibility index (Phi) is 3.57. The molecule has 0 unspecified atom stereocenters. The summed E-state index contributed by atoms with van der Waals surface area (Å²) in [5.74, 6) is -3.01. The molecule has 126 valence electrons. The van der Waals surface area contributed by atoms with Gasteiger partial charge in [0.2, 0.25) is 0 Å². The summed E-state index contributed by atoms with van der Waals surface area (Å²) >= 11 is 0.971. The van der Waals surface area contributed by atoms with Gasteiger partial charge in [-0.05, 0) is 12.1 Å². The standard InChI is InChI=1S/C14H6N2O8S/c17-13(18)7-1-5-6-2-8(14(19)20)10(16(23)24)4-12(6)25-11(5)3-9(7)15(21)22/h1-4H,(H,17,18)(H,19,20). The van der Waals surface area contributed by atoms with Crippen LogP contribution in [0.15, 0.2) is 24.3 Å². The number of hydrogen-bond acceptors (Lipinski definition) is 7. The van der Waals surface area contributed by atoms with Crippen LogP contribution in [0.3, 0.4) is 0 Å². The normalized spacial score (nSPS) is 10.9. The van der Waals surface area contributed by atoms with Gasteiger partial charge in [-0.1, -0.05) is 0 Å². The minimum absolute atomic E-state index is 0.278. The summed E-state index contributed by atoms with van der Waals surface area (Å²) in [7, 11) is 0. The Labute approximate surface area is 140 Å². The lowest BCUT2D eigenvalue weighted by molar-refractivity contribution is -0.385. The van der Waals surface area contributed by atoms with E-state index in [9.17, 15) is 29.8 Å². The monoisotopic (exact) mass is 362 g/mol. The molecule has 1 heterocycles. The Hall–Kier alpha value is -3.60. The van der Waals surface area contributed by atoms with Gasteiger partial charge < -0.3 is 10.2 Å². The van der Waals surface area contributed by atoms with Crippen molar-refractivity contribution in [3.63, 3.8) is 0 Å². The van der Waals surface area contributed by atoms with Gasteiger partial charge in [0, 0.05) is 32.3 Å². The molecule has 0 fully saturated rings. The Bertz CT molecular complexity index is 1030. The molecule has 0 amide bonds. The van der Waals surface area contributed by atoms with Crippen LogP contribution in [-0.2, 0) is 0 Å². The molecule has 3 rings (SSSR count). The maximum absolute atomic E-state index is 11.3. The van der Waals surface area contributed by atoms with E-state index in [1.54, 1.807) is 0 Å². The lowest BCUT2D eigenvalue weighted by Gasteiger charge is -2.00. The molecule has 0 radical (unpaired) electrons. The number of nitro groups is 2. The Morgan fingerprint density at radius 1 is 0.800 bits per heavy atom. The maximum Gasteiger partial charge on any atom is 0.342 e. The summed E-state index contributed by atoms with van der Waals surface area (Å²) in [4.78, 5) is 43.0. The number of aromatic carboxylic acids is 2. The fraction of sp³-hybridized carbons (Fsp3) is 0. The lowest BCUT2D eigenvalue weighted by Crippen LogP contribution is -2.03. The third-order valence-corrected chi connectivity index (χ3v) is 4.68. The molecule has 2 aromatic carbocycles. The zero-order valence-electron chi connectivity index (χ0n) is 12.0. The highest BCUT2D eigenvalue weighted by molar-refractivity contribution is 7.25. The van der Waals surface area contributed by atoms with E-state index in [2.05, 4.69) is 0 Å². The number of carboxylic acids is 2. The van der Waals surface area contributed by atoms with Crippen molar-refractivity contribution in [1.29, 1.82) is 0 Å². The van der Waals surface area contributed by atoms with Crippen LogP contribution in [0.4, 0.5) is 11.4 Å². The molecule has 0 atom stereocenters. The number of rotatable bonds is 4. The van der Waals surface area contributed by atoms with E-state index in [-0.39, 0.29) is 10.8 Å². The number of carbonyl (C=O) groups is 2. The molecule has 2 N–H and O–H groups in total. The van der Waals surface area contributed by atoms with E-state index in [1.807, 2.05) is 0 Å². The Morgan fingerprint density at radius 3 is 1.44 bits per heavy atom. The number of carboxylic acid groups (broad SMARTS) is 2. The third kappa shape index (κ3) is 2.52. The van der Waals surface area contributed by atoms with Crippen LogP contribution in [0.2, 0.25) is 0 Å². The average Bonchev–Trinajstić information content (AvgIpc) is 2.88. The largest absolute Gasteiger partial charge is 0.477 e. The van der Waals surface area contributed by atoms with Gasteiger partial charge in [0.1, 0.15) is 11.1 Å². The van der Waals surface area contributed by atoms with Crippen molar-refractivity contribution < 1.29 is 29.6 Å². The van der Waals surface area contributed by atoms with Crippen LogP contribution in [0, 0.1) is 20.2 Å². The summed E-state index contributed by atoms with van der Waals surface area (Å²) in [6, 6.07) is 4.28. The molecular formula is C14H6N2O8S. The van der Waals surface area contributed by atoms with Gasteiger partial charge in [-0.15, -0.1) is 11.3 Å². The number of fused-ring (bicyclic) bond motifs is 3. The predicted octanol–water partition coefficient (Wildman–Crippen LogP) is 3.27. The summed E-state index contributed by atoms with van der Waals surface area (Å²) in [5, 5.41) is 41.0. The first-order chi connectivity index (χ1) is 11.7. The summed E-state index contributed by atoms with van der Waals surface area (Å²) in [6.45, 7) is 0. The van der Waals surface area contributed by atoms with Gasteiger partial charge >= 0.3 is 11.9 Å². The van der Waals surface area contributed by atoms with Gasteiger partial charge in [0.05, 0.1) is 9.85 Å². The van der Waals surface area contributed by atoms with E-state index in [1.165, 1.54) is 0 Å². The average molecular weight is 362 g/mol. The van der Waals surface area contributed by atoms with Crippen molar-refractivity contribution in [2.45, 2.75) is 0 Å². The zero-order chi connectivity index (χ0) is 18.5. The third-order valence-electron chi connectivity index (χ3n) is 3.56. The van der Waals surface area contributed by atoms with Crippen LogP contribution in [0.5, 0.6) is 0 Å². The number of benzene rings is 2. The van der Waals surface area contributed by atoms with Gasteiger partial charge in [-0.25, -0.2) is 9.59 Å². The van der Waals surface area contributed by atoms with Crippen molar-refractivity contribution in [2.75, 3.05) is 0 Å². The molecule has 1 aromatic heterocycles. The topological polar surface area (TPSA) is 161 Å². The number of thiophene rings is 1. The zero-order valence-corrected chi connectivity index (χ0v) is 12.8. The first-order valence-corrected chi connectivity index (χ1v) is 7.32. The molecule has 25 heavy (non-hydrogen) atoms.